The van der Waals surface area contributed by atoms with Gasteiger partial charge < -0.3 is 21.7 Å². The molecule has 0 heterocycles. The number of nitrogen functional groups attached to an aromatic ring is 1. The summed E-state index contributed by atoms with van der Waals surface area (Å²) >= 11 is 0. The van der Waals surface area contributed by atoms with Crippen molar-refractivity contribution in [2.45, 2.75) is 0 Å². The Balaban J connectivity index is 2.87. The normalized spacial score (nSPS) is 10.1. The van der Waals surface area contributed by atoms with Crippen molar-refractivity contribution in [1.29, 1.82) is 5.41 Å². The molecule has 0 atom stereocenters. The summed E-state index contributed by atoms with van der Waals surface area (Å²) in [5, 5.41) is 20.2. The van der Waals surface area contributed by atoms with Crippen LogP contribution in [0.15, 0.2) is 23.4 Å². The minimum Gasteiger partial charge on any atom is -0.411 e. The first kappa shape index (κ1) is 10.7. The van der Waals surface area contributed by atoms with Gasteiger partial charge in [0.2, 0.25) is 0 Å². The van der Waals surface area contributed by atoms with E-state index in [2.05, 4.69) is 10.5 Å². The number of carbonyl (C=O) groups excluding carboxylic acids is 1. The number of hydrogen-bond donors (Lipinski definition) is 4. The zero-order valence-corrected chi connectivity index (χ0v) is 7.77. The molecule has 78 valence electrons. The fourth-order valence-corrected chi connectivity index (χ4v) is 1.00. The van der Waals surface area contributed by atoms with Crippen LogP contribution in [0.4, 0.5) is 11.4 Å². The number of oxime groups is 1. The summed E-state index contributed by atoms with van der Waals surface area (Å²) in [4.78, 5) is 11.0. The summed E-state index contributed by atoms with van der Waals surface area (Å²) in [6, 6.07) is 4.71. The molecule has 0 radical (unpaired) electrons. The van der Waals surface area contributed by atoms with Crippen molar-refractivity contribution in [2.75, 3.05) is 11.1 Å². The fourth-order valence-electron chi connectivity index (χ4n) is 1.00. The minimum atomic E-state index is -0.557. The molecular weight excluding hydrogens is 196 g/mol. The maximum atomic E-state index is 11.0. The third-order valence-corrected chi connectivity index (χ3v) is 1.68. The Kier molecular flexibility index (Phi) is 3.39. The first-order valence-corrected chi connectivity index (χ1v) is 4.06. The highest BCUT2D eigenvalue weighted by atomic mass is 16.4. The van der Waals surface area contributed by atoms with Crippen LogP contribution in [0.3, 0.4) is 0 Å². The average Bonchev–Trinajstić information content (AvgIpc) is 2.21. The Labute approximate surface area is 85.9 Å². The van der Waals surface area contributed by atoms with Crippen LogP contribution in [0.1, 0.15) is 5.56 Å². The first-order valence-electron chi connectivity index (χ1n) is 4.06. The number of nitrogens with zero attached hydrogens (tertiary/aromatic N) is 1. The molecule has 1 aromatic rings. The number of amides is 1. The molecule has 1 aromatic carbocycles. The molecule has 6 nitrogen and oxygen atoms in total. The lowest BCUT2D eigenvalue weighted by Gasteiger charge is -2.04. The highest BCUT2D eigenvalue weighted by Crippen LogP contribution is 2.15. The third-order valence-electron chi connectivity index (χ3n) is 1.68. The monoisotopic (exact) mass is 206 g/mol. The van der Waals surface area contributed by atoms with E-state index in [4.69, 9.17) is 16.4 Å². The number of hydrogen-bond acceptors (Lipinski definition) is 5. The number of benzene rings is 1. The third kappa shape index (κ3) is 2.80. The summed E-state index contributed by atoms with van der Waals surface area (Å²) < 4.78 is 0. The van der Waals surface area contributed by atoms with Crippen LogP contribution >= 0.6 is 0 Å². The summed E-state index contributed by atoms with van der Waals surface area (Å²) in [5.74, 6) is -0.557. The van der Waals surface area contributed by atoms with E-state index < -0.39 is 5.91 Å². The topological polar surface area (TPSA) is 112 Å². The van der Waals surface area contributed by atoms with Gasteiger partial charge in [0.05, 0.1) is 0 Å². The molecule has 1 amide bonds. The van der Waals surface area contributed by atoms with E-state index in [1.807, 2.05) is 0 Å². The number of rotatable bonds is 3. The second-order valence-corrected chi connectivity index (χ2v) is 2.72. The molecule has 0 bridgehead atoms. The van der Waals surface area contributed by atoms with Crippen LogP contribution in [-0.4, -0.2) is 23.5 Å². The van der Waals surface area contributed by atoms with Gasteiger partial charge in [-0.1, -0.05) is 5.16 Å². The molecule has 0 saturated heterocycles. The fraction of sp³-hybridized carbons (Fsp3) is 0. The van der Waals surface area contributed by atoms with E-state index >= 15 is 0 Å². The molecule has 1 rings (SSSR count). The van der Waals surface area contributed by atoms with Crippen molar-refractivity contribution >= 4 is 29.7 Å². The summed E-state index contributed by atoms with van der Waals surface area (Å²) in [6.45, 7) is 0. The lowest BCUT2D eigenvalue weighted by Crippen LogP contribution is -2.12. The highest BCUT2D eigenvalue weighted by molar-refractivity contribution is 6.31. The quantitative estimate of drug-likeness (QED) is 0.252. The first-order chi connectivity index (χ1) is 7.17. The van der Waals surface area contributed by atoms with Gasteiger partial charge >= 0.3 is 0 Å². The van der Waals surface area contributed by atoms with Crippen LogP contribution in [-0.2, 0) is 4.79 Å². The van der Waals surface area contributed by atoms with Crippen molar-refractivity contribution < 1.29 is 10.0 Å². The van der Waals surface area contributed by atoms with Crippen LogP contribution < -0.4 is 11.1 Å². The van der Waals surface area contributed by atoms with Crippen LogP contribution in [0, 0.1) is 5.41 Å². The molecule has 5 N–H and O–H groups in total. The van der Waals surface area contributed by atoms with Gasteiger partial charge in [-0.2, -0.15) is 0 Å². The number of nitrogens with one attached hydrogen (secondary N) is 2. The van der Waals surface area contributed by atoms with E-state index in [9.17, 15) is 4.79 Å². The second-order valence-electron chi connectivity index (χ2n) is 2.72. The van der Waals surface area contributed by atoms with Gasteiger partial charge in [0.15, 0.2) is 0 Å². The van der Waals surface area contributed by atoms with Crippen molar-refractivity contribution in [3.63, 3.8) is 0 Å². The van der Waals surface area contributed by atoms with Crippen LogP contribution in [0.25, 0.3) is 0 Å². The van der Waals surface area contributed by atoms with Crippen molar-refractivity contribution in [1.82, 2.24) is 0 Å². The van der Waals surface area contributed by atoms with Crippen LogP contribution in [0.5, 0.6) is 0 Å². The molecule has 0 unspecified atom stereocenters. The standard InChI is InChI=1S/C9H10N4O2/c10-4-6-3-7(1-2-8(6)11)13-9(14)5-12-15/h1-5,10,15H,11H2,(H,13,14)/b10-4?,12-5+. The Morgan fingerprint density at radius 1 is 1.60 bits per heavy atom. The van der Waals surface area contributed by atoms with Crippen LogP contribution in [0.2, 0.25) is 0 Å². The van der Waals surface area contributed by atoms with Gasteiger partial charge in [-0.05, 0) is 18.2 Å². The lowest BCUT2D eigenvalue weighted by molar-refractivity contribution is -0.110. The van der Waals surface area contributed by atoms with E-state index in [0.29, 0.717) is 16.9 Å². The maximum absolute atomic E-state index is 11.0. The number of carbonyl (C=O) groups is 1. The summed E-state index contributed by atoms with van der Waals surface area (Å²) in [6.07, 6.45) is 1.82. The highest BCUT2D eigenvalue weighted by Gasteiger charge is 2.01. The molecule has 0 fully saturated rings. The van der Waals surface area contributed by atoms with E-state index in [1.54, 1.807) is 18.2 Å². The zero-order chi connectivity index (χ0) is 11.3. The minimum absolute atomic E-state index is 0.457. The molecule has 0 aliphatic rings. The van der Waals surface area contributed by atoms with E-state index in [-0.39, 0.29) is 0 Å². The smallest absolute Gasteiger partial charge is 0.270 e. The Morgan fingerprint density at radius 3 is 2.93 bits per heavy atom. The molecule has 0 spiro atoms. The Bertz CT molecular complexity index is 415. The van der Waals surface area contributed by atoms with Crippen molar-refractivity contribution in [2.24, 2.45) is 5.16 Å². The van der Waals surface area contributed by atoms with Gasteiger partial charge in [0.1, 0.15) is 6.21 Å². The average molecular weight is 206 g/mol. The predicted molar refractivity (Wildman–Crippen MR) is 57.6 cm³/mol. The molecule has 0 aliphatic heterocycles. The largest absolute Gasteiger partial charge is 0.411 e. The Hall–Kier alpha value is -2.37. The predicted octanol–water partition coefficient (Wildman–Crippen LogP) is 0.665. The molecule has 0 aliphatic carbocycles. The number of nitrogens with two attached hydrogens (primary N) is 1. The summed E-state index contributed by atoms with van der Waals surface area (Å²) in [5.41, 5.74) is 7.00. The summed E-state index contributed by atoms with van der Waals surface area (Å²) in [7, 11) is 0. The maximum Gasteiger partial charge on any atom is 0.270 e. The van der Waals surface area contributed by atoms with Gasteiger partial charge in [-0.25, -0.2) is 0 Å². The van der Waals surface area contributed by atoms with Gasteiger partial charge in [0, 0.05) is 23.2 Å². The Morgan fingerprint density at radius 2 is 2.33 bits per heavy atom. The zero-order valence-electron chi connectivity index (χ0n) is 7.77. The van der Waals surface area contributed by atoms with E-state index in [1.165, 1.54) is 0 Å². The van der Waals surface area contributed by atoms with Crippen molar-refractivity contribution in [3.8, 4) is 0 Å². The van der Waals surface area contributed by atoms with E-state index in [0.717, 1.165) is 12.4 Å². The van der Waals surface area contributed by atoms with Gasteiger partial charge in [0.25, 0.3) is 5.91 Å². The molecular formula is C9H10N4O2. The second kappa shape index (κ2) is 4.75. The SMILES string of the molecule is N=Cc1cc(NC(=O)/C=N/O)ccc1N. The van der Waals surface area contributed by atoms with Crippen molar-refractivity contribution in [3.05, 3.63) is 23.8 Å². The number of anilines is 2. The molecule has 6 heteroatoms. The molecule has 0 aromatic heterocycles. The lowest BCUT2D eigenvalue weighted by atomic mass is 10.2. The van der Waals surface area contributed by atoms with Gasteiger partial charge in [-0.15, -0.1) is 0 Å². The molecule has 15 heavy (non-hydrogen) atoms. The molecule has 0 saturated carbocycles. The van der Waals surface area contributed by atoms with Gasteiger partial charge in [-0.3, -0.25) is 4.79 Å².